The van der Waals surface area contributed by atoms with Gasteiger partial charge in [0.05, 0.1) is 32.1 Å². The molecule has 0 fully saturated rings. The van der Waals surface area contributed by atoms with Crippen LogP contribution < -0.4 is 15.4 Å². The lowest BCUT2D eigenvalue weighted by molar-refractivity contribution is 0.157. The van der Waals surface area contributed by atoms with Crippen LogP contribution in [0.4, 0.5) is 0 Å². The van der Waals surface area contributed by atoms with E-state index in [0.717, 1.165) is 12.3 Å². The molecule has 0 aromatic heterocycles. The molecule has 0 bridgehead atoms. The number of nitrogens with one attached hydrogen (secondary N) is 2. The van der Waals surface area contributed by atoms with Crippen LogP contribution in [0.25, 0.3) is 0 Å². The third kappa shape index (κ3) is 11.4. The zero-order valence-electron chi connectivity index (χ0n) is 15.2. The van der Waals surface area contributed by atoms with Crippen molar-refractivity contribution in [3.63, 3.8) is 0 Å². The zero-order valence-corrected chi connectivity index (χ0v) is 16.1. The topological polar surface area (TPSA) is 89.0 Å². The Kier molecular flexibility index (Phi) is 9.94. The van der Waals surface area contributed by atoms with Crippen molar-refractivity contribution in [1.29, 1.82) is 0 Å². The first-order valence-corrected chi connectivity index (χ1v) is 10.4. The first kappa shape index (κ1) is 21.2. The van der Waals surface area contributed by atoms with Gasteiger partial charge in [-0.25, -0.2) is 8.42 Å². The third-order valence-corrected chi connectivity index (χ3v) is 4.04. The lowest BCUT2D eigenvalue weighted by Gasteiger charge is -2.12. The van der Waals surface area contributed by atoms with E-state index >= 15 is 0 Å². The van der Waals surface area contributed by atoms with E-state index in [4.69, 9.17) is 9.47 Å². The molecule has 0 unspecified atom stereocenters. The van der Waals surface area contributed by atoms with Gasteiger partial charge in [0.2, 0.25) is 0 Å². The monoisotopic (exact) mass is 371 g/mol. The molecule has 1 rings (SSSR count). The van der Waals surface area contributed by atoms with Gasteiger partial charge in [0.1, 0.15) is 22.2 Å². The number of benzene rings is 1. The second-order valence-corrected chi connectivity index (χ2v) is 7.85. The van der Waals surface area contributed by atoms with Crippen molar-refractivity contribution < 1.29 is 17.9 Å². The summed E-state index contributed by atoms with van der Waals surface area (Å²) in [5.74, 6) is 1.56. The van der Waals surface area contributed by atoms with Gasteiger partial charge >= 0.3 is 0 Å². The van der Waals surface area contributed by atoms with Crippen LogP contribution >= 0.6 is 0 Å². The highest BCUT2D eigenvalue weighted by molar-refractivity contribution is 7.90. The van der Waals surface area contributed by atoms with Crippen molar-refractivity contribution in [2.24, 2.45) is 4.99 Å². The molecule has 0 aliphatic carbocycles. The summed E-state index contributed by atoms with van der Waals surface area (Å²) >= 11 is 0. The number of rotatable bonds is 11. The minimum Gasteiger partial charge on any atom is -0.492 e. The fourth-order valence-electron chi connectivity index (χ4n) is 1.85. The largest absolute Gasteiger partial charge is 0.492 e. The highest BCUT2D eigenvalue weighted by Crippen LogP contribution is 2.10. The van der Waals surface area contributed by atoms with Crippen molar-refractivity contribution in [3.05, 3.63) is 29.8 Å². The van der Waals surface area contributed by atoms with Crippen molar-refractivity contribution >= 4 is 15.8 Å². The van der Waals surface area contributed by atoms with Crippen molar-refractivity contribution in [2.75, 3.05) is 51.5 Å². The Morgan fingerprint density at radius 1 is 1.12 bits per heavy atom. The van der Waals surface area contributed by atoms with Gasteiger partial charge in [0, 0.05) is 12.8 Å². The molecule has 0 radical (unpaired) electrons. The molecular formula is C17H29N3O4S. The lowest BCUT2D eigenvalue weighted by atomic mass is 10.2. The number of aryl methyl sites for hydroxylation is 1. The molecule has 0 saturated carbocycles. The molecule has 2 N–H and O–H groups in total. The molecule has 142 valence electrons. The maximum Gasteiger partial charge on any atom is 0.191 e. The molecule has 1 aromatic rings. The van der Waals surface area contributed by atoms with E-state index in [9.17, 15) is 8.42 Å². The number of sulfone groups is 1. The maximum atomic E-state index is 11.0. The van der Waals surface area contributed by atoms with Crippen molar-refractivity contribution in [2.45, 2.75) is 13.8 Å². The number of guanidine groups is 1. The standard InChI is InChI=1S/C17H29N3O4S/c1-4-18-17(19-9-11-23-13-14-25(3,21)22)20-10-12-24-16-7-5-15(2)6-8-16/h5-8H,4,9-14H2,1-3H3,(H2,18,19,20). The van der Waals surface area contributed by atoms with E-state index in [0.29, 0.717) is 32.3 Å². The molecule has 8 heteroatoms. The molecule has 1 aromatic carbocycles. The SMILES string of the molecule is CCNC(=NCCOCCS(C)(=O)=O)NCCOc1ccc(C)cc1. The molecule has 25 heavy (non-hydrogen) atoms. The Bertz CT molecular complexity index is 615. The summed E-state index contributed by atoms with van der Waals surface area (Å²) in [6.07, 6.45) is 1.19. The van der Waals surface area contributed by atoms with Crippen LogP contribution in [-0.4, -0.2) is 65.8 Å². The Morgan fingerprint density at radius 3 is 2.48 bits per heavy atom. The second-order valence-electron chi connectivity index (χ2n) is 5.59. The molecule has 0 amide bonds. The zero-order chi connectivity index (χ0) is 18.5. The third-order valence-electron chi connectivity index (χ3n) is 3.13. The van der Waals surface area contributed by atoms with Gasteiger partial charge in [-0.2, -0.15) is 0 Å². The highest BCUT2D eigenvalue weighted by Gasteiger charge is 2.01. The minimum absolute atomic E-state index is 0.0331. The van der Waals surface area contributed by atoms with Crippen LogP contribution in [0.3, 0.4) is 0 Å². The minimum atomic E-state index is -2.98. The summed E-state index contributed by atoms with van der Waals surface area (Å²) in [5, 5.41) is 6.32. The quantitative estimate of drug-likeness (QED) is 0.343. The first-order chi connectivity index (χ1) is 11.9. The summed E-state index contributed by atoms with van der Waals surface area (Å²) in [6.45, 7) is 6.96. The predicted octanol–water partition coefficient (Wildman–Crippen LogP) is 0.990. The van der Waals surface area contributed by atoms with E-state index in [2.05, 4.69) is 15.6 Å². The molecular weight excluding hydrogens is 342 g/mol. The Morgan fingerprint density at radius 2 is 1.84 bits per heavy atom. The van der Waals surface area contributed by atoms with E-state index in [1.54, 1.807) is 0 Å². The van der Waals surface area contributed by atoms with Crippen molar-refractivity contribution in [1.82, 2.24) is 10.6 Å². The van der Waals surface area contributed by atoms with Gasteiger partial charge in [-0.1, -0.05) is 17.7 Å². The maximum absolute atomic E-state index is 11.0. The summed E-state index contributed by atoms with van der Waals surface area (Å²) in [4.78, 5) is 4.37. The van der Waals surface area contributed by atoms with Crippen LogP contribution in [0, 0.1) is 6.92 Å². The van der Waals surface area contributed by atoms with Gasteiger partial charge in [-0.05, 0) is 26.0 Å². The summed E-state index contributed by atoms with van der Waals surface area (Å²) in [5.41, 5.74) is 1.20. The molecule has 0 spiro atoms. The first-order valence-electron chi connectivity index (χ1n) is 8.38. The normalized spacial score (nSPS) is 12.0. The average molecular weight is 372 g/mol. The highest BCUT2D eigenvalue weighted by atomic mass is 32.2. The number of nitrogens with zero attached hydrogens (tertiary/aromatic N) is 1. The number of ether oxygens (including phenoxy) is 2. The van der Waals surface area contributed by atoms with Crippen LogP contribution in [0.2, 0.25) is 0 Å². The van der Waals surface area contributed by atoms with Gasteiger partial charge < -0.3 is 20.1 Å². The molecule has 0 heterocycles. The fourth-order valence-corrected chi connectivity index (χ4v) is 2.27. The Hall–Kier alpha value is -1.80. The Labute approximate surface area is 150 Å². The predicted molar refractivity (Wildman–Crippen MR) is 101 cm³/mol. The van der Waals surface area contributed by atoms with E-state index in [1.165, 1.54) is 11.8 Å². The number of hydrogen-bond donors (Lipinski definition) is 2. The van der Waals surface area contributed by atoms with Gasteiger partial charge in [0.25, 0.3) is 0 Å². The van der Waals surface area contributed by atoms with Crippen LogP contribution in [0.1, 0.15) is 12.5 Å². The Balaban J connectivity index is 2.22. The van der Waals surface area contributed by atoms with Gasteiger partial charge in [0.15, 0.2) is 5.96 Å². The molecule has 0 aliphatic rings. The molecule has 7 nitrogen and oxygen atoms in total. The smallest absolute Gasteiger partial charge is 0.191 e. The van der Waals surface area contributed by atoms with E-state index < -0.39 is 9.84 Å². The molecule has 0 saturated heterocycles. The van der Waals surface area contributed by atoms with Gasteiger partial charge in [-0.15, -0.1) is 0 Å². The molecule has 0 aliphatic heterocycles. The number of aliphatic imine (C=N–C) groups is 1. The van der Waals surface area contributed by atoms with E-state index in [1.807, 2.05) is 38.1 Å². The van der Waals surface area contributed by atoms with Crippen LogP contribution in [-0.2, 0) is 14.6 Å². The van der Waals surface area contributed by atoms with Crippen LogP contribution in [0.5, 0.6) is 5.75 Å². The molecule has 0 atom stereocenters. The summed E-state index contributed by atoms with van der Waals surface area (Å²) < 4.78 is 32.9. The summed E-state index contributed by atoms with van der Waals surface area (Å²) in [7, 11) is -2.98. The second kappa shape index (κ2) is 11.7. The van der Waals surface area contributed by atoms with Gasteiger partial charge in [-0.3, -0.25) is 4.99 Å². The average Bonchev–Trinajstić information content (AvgIpc) is 2.55. The lowest BCUT2D eigenvalue weighted by Crippen LogP contribution is -2.39. The van der Waals surface area contributed by atoms with E-state index in [-0.39, 0.29) is 12.4 Å². The van der Waals surface area contributed by atoms with Crippen molar-refractivity contribution in [3.8, 4) is 5.75 Å². The fraction of sp³-hybridized carbons (Fsp3) is 0.588. The van der Waals surface area contributed by atoms with Crippen LogP contribution in [0.15, 0.2) is 29.3 Å². The summed E-state index contributed by atoms with van der Waals surface area (Å²) in [6, 6.07) is 7.92. The number of hydrogen-bond acceptors (Lipinski definition) is 5.